The van der Waals surface area contributed by atoms with Crippen LogP contribution in [0.3, 0.4) is 0 Å². The lowest BCUT2D eigenvalue weighted by Gasteiger charge is -2.31. The van der Waals surface area contributed by atoms with Crippen molar-refractivity contribution in [1.82, 2.24) is 9.88 Å². The molecule has 6 nitrogen and oxygen atoms in total. The molecule has 1 N–H and O–H groups in total. The number of rotatable bonds is 6. The molecule has 2 heterocycles. The molecule has 0 bridgehead atoms. The Labute approximate surface area is 167 Å². The Hall–Kier alpha value is -3.24. The van der Waals surface area contributed by atoms with Gasteiger partial charge < -0.3 is 9.84 Å². The second-order valence-corrected chi connectivity index (χ2v) is 7.33. The lowest BCUT2D eigenvalue weighted by molar-refractivity contribution is -0.145. The zero-order chi connectivity index (χ0) is 20.4. The van der Waals surface area contributed by atoms with Crippen molar-refractivity contribution in [1.29, 1.82) is 5.26 Å². The van der Waals surface area contributed by atoms with Gasteiger partial charge in [-0.05, 0) is 43.0 Å². The number of ether oxygens (including phenoxy) is 1. The van der Waals surface area contributed by atoms with Crippen LogP contribution in [0.2, 0.25) is 0 Å². The summed E-state index contributed by atoms with van der Waals surface area (Å²) in [5.41, 5.74) is 1.78. The van der Waals surface area contributed by atoms with Crippen LogP contribution in [0.4, 0.5) is 4.39 Å². The Morgan fingerprint density at radius 1 is 1.34 bits per heavy atom. The zero-order valence-corrected chi connectivity index (χ0v) is 15.8. The van der Waals surface area contributed by atoms with Gasteiger partial charge in [-0.25, -0.2) is 9.37 Å². The van der Waals surface area contributed by atoms with Gasteiger partial charge in [0.05, 0.1) is 17.3 Å². The second-order valence-electron chi connectivity index (χ2n) is 7.33. The molecule has 0 radical (unpaired) electrons. The minimum absolute atomic E-state index is 0.0158. The van der Waals surface area contributed by atoms with Crippen molar-refractivity contribution in [2.24, 2.45) is 0 Å². The van der Waals surface area contributed by atoms with Gasteiger partial charge in [0, 0.05) is 24.7 Å². The number of aromatic nitrogens is 1. The number of nitrogens with zero attached hydrogens (tertiary/aromatic N) is 3. The van der Waals surface area contributed by atoms with Crippen molar-refractivity contribution in [2.75, 3.05) is 13.1 Å². The topological polar surface area (TPSA) is 86.5 Å². The van der Waals surface area contributed by atoms with E-state index in [1.54, 1.807) is 12.1 Å². The molecule has 148 valence electrons. The van der Waals surface area contributed by atoms with Gasteiger partial charge in [0.25, 0.3) is 0 Å². The van der Waals surface area contributed by atoms with Crippen molar-refractivity contribution >= 4 is 11.5 Å². The van der Waals surface area contributed by atoms with Crippen molar-refractivity contribution < 1.29 is 19.0 Å². The number of carboxylic acids is 1. The minimum atomic E-state index is -0.738. The molecule has 1 saturated carbocycles. The lowest BCUT2D eigenvalue weighted by atomic mass is 10.0. The first-order chi connectivity index (χ1) is 14.0. The monoisotopic (exact) mass is 393 g/mol. The summed E-state index contributed by atoms with van der Waals surface area (Å²) in [5.74, 6) is -0.834. The number of aliphatic carboxylic acids is 1. The highest BCUT2D eigenvalue weighted by Crippen LogP contribution is 2.43. The second kappa shape index (κ2) is 7.64. The summed E-state index contributed by atoms with van der Waals surface area (Å²) in [7, 11) is 0. The van der Waals surface area contributed by atoms with Crippen LogP contribution in [0.15, 0.2) is 42.5 Å². The molecule has 7 heteroatoms. The Balaban J connectivity index is 1.42. The number of benzene rings is 1. The third-order valence-electron chi connectivity index (χ3n) is 5.55. The van der Waals surface area contributed by atoms with E-state index in [0.717, 1.165) is 17.7 Å². The molecule has 1 aliphatic carbocycles. The fourth-order valence-corrected chi connectivity index (χ4v) is 3.63. The van der Waals surface area contributed by atoms with Crippen LogP contribution in [-0.4, -0.2) is 39.6 Å². The number of hydrogen-bond donors (Lipinski definition) is 1. The van der Waals surface area contributed by atoms with E-state index in [1.165, 1.54) is 12.1 Å². The summed E-state index contributed by atoms with van der Waals surface area (Å²) in [6.45, 7) is 1.29. The van der Waals surface area contributed by atoms with E-state index in [4.69, 9.17) is 10.00 Å². The number of nitriles is 1. The largest absolute Gasteiger partial charge is 0.480 e. The van der Waals surface area contributed by atoms with Crippen LogP contribution in [0, 0.1) is 17.1 Å². The van der Waals surface area contributed by atoms with Crippen molar-refractivity contribution in [3.8, 4) is 11.9 Å². The Bertz CT molecular complexity index is 1020. The highest BCUT2D eigenvalue weighted by molar-refractivity contribution is 5.82. The standard InChI is InChI=1S/C22H20FN3O3/c23-18-12-15(13-24)4-5-17(18)14-29-20-3-1-2-19(25-20)16-6-10-26(11-7-16)22(8-9-22)21(27)28/h1-6,12H,7-11,14H2,(H,27,28). The van der Waals surface area contributed by atoms with E-state index >= 15 is 0 Å². The molecule has 0 spiro atoms. The molecule has 0 amide bonds. The van der Waals surface area contributed by atoms with Gasteiger partial charge >= 0.3 is 5.97 Å². The maximum atomic E-state index is 14.0. The summed E-state index contributed by atoms with van der Waals surface area (Å²) in [6, 6.07) is 11.6. The number of pyridine rings is 1. The van der Waals surface area contributed by atoms with Crippen molar-refractivity contribution in [2.45, 2.75) is 31.4 Å². The van der Waals surface area contributed by atoms with Gasteiger partial charge in [-0.2, -0.15) is 5.26 Å². The van der Waals surface area contributed by atoms with E-state index in [2.05, 4.69) is 4.98 Å². The Morgan fingerprint density at radius 3 is 2.79 bits per heavy atom. The third-order valence-corrected chi connectivity index (χ3v) is 5.55. The summed E-state index contributed by atoms with van der Waals surface area (Å²) >= 11 is 0. The first-order valence-corrected chi connectivity index (χ1v) is 9.48. The van der Waals surface area contributed by atoms with Crippen LogP contribution in [0.5, 0.6) is 5.88 Å². The summed E-state index contributed by atoms with van der Waals surface area (Å²) in [4.78, 5) is 18.0. The fraction of sp³-hybridized carbons (Fsp3) is 0.318. The van der Waals surface area contributed by atoms with E-state index in [9.17, 15) is 14.3 Å². The molecule has 0 atom stereocenters. The van der Waals surface area contributed by atoms with Crippen LogP contribution in [-0.2, 0) is 11.4 Å². The van der Waals surface area contributed by atoms with Gasteiger partial charge in [-0.3, -0.25) is 9.69 Å². The van der Waals surface area contributed by atoms with Crippen molar-refractivity contribution in [3.05, 3.63) is 65.1 Å². The Kier molecular flexibility index (Phi) is 5.03. The molecular weight excluding hydrogens is 373 g/mol. The average molecular weight is 393 g/mol. The van der Waals surface area contributed by atoms with Crippen molar-refractivity contribution in [3.63, 3.8) is 0 Å². The van der Waals surface area contributed by atoms with E-state index in [1.807, 2.05) is 29.2 Å². The first-order valence-electron chi connectivity index (χ1n) is 9.48. The predicted octanol–water partition coefficient (Wildman–Crippen LogP) is 3.38. The maximum absolute atomic E-state index is 14.0. The molecule has 0 unspecified atom stereocenters. The van der Waals surface area contributed by atoms with E-state index in [-0.39, 0.29) is 12.2 Å². The molecule has 1 fully saturated rings. The number of carboxylic acid groups (broad SMARTS) is 1. The molecule has 0 saturated heterocycles. The normalized spacial score (nSPS) is 17.9. The number of carbonyl (C=O) groups is 1. The van der Waals surface area contributed by atoms with Crippen LogP contribution < -0.4 is 4.74 Å². The van der Waals surface area contributed by atoms with Gasteiger partial charge in [-0.1, -0.05) is 18.2 Å². The predicted molar refractivity (Wildman–Crippen MR) is 103 cm³/mol. The number of halogens is 1. The molecule has 1 aromatic carbocycles. The molecule has 2 aliphatic rings. The van der Waals surface area contributed by atoms with Gasteiger partial charge in [0.2, 0.25) is 5.88 Å². The highest BCUT2D eigenvalue weighted by Gasteiger charge is 2.54. The smallest absolute Gasteiger partial charge is 0.324 e. The summed E-state index contributed by atoms with van der Waals surface area (Å²) in [5, 5.41) is 18.3. The third kappa shape index (κ3) is 3.84. The minimum Gasteiger partial charge on any atom is -0.480 e. The zero-order valence-electron chi connectivity index (χ0n) is 15.8. The highest BCUT2D eigenvalue weighted by atomic mass is 19.1. The number of hydrogen-bond acceptors (Lipinski definition) is 5. The fourth-order valence-electron chi connectivity index (χ4n) is 3.63. The van der Waals surface area contributed by atoms with Gasteiger partial charge in [-0.15, -0.1) is 0 Å². The SMILES string of the molecule is N#Cc1ccc(COc2cccc(C3=CCN(C4(C(=O)O)CC4)CC3)n2)c(F)c1. The summed E-state index contributed by atoms with van der Waals surface area (Å²) < 4.78 is 19.6. The van der Waals surface area contributed by atoms with E-state index in [0.29, 0.717) is 37.4 Å². The lowest BCUT2D eigenvalue weighted by Crippen LogP contribution is -2.45. The molecule has 29 heavy (non-hydrogen) atoms. The first kappa shape index (κ1) is 19.1. The molecule has 2 aromatic rings. The Morgan fingerprint density at radius 2 is 2.17 bits per heavy atom. The quantitative estimate of drug-likeness (QED) is 0.810. The van der Waals surface area contributed by atoms with Crippen LogP contribution in [0.1, 0.15) is 36.1 Å². The van der Waals surface area contributed by atoms with Crippen LogP contribution in [0.25, 0.3) is 5.57 Å². The molecule has 1 aromatic heterocycles. The van der Waals surface area contributed by atoms with Gasteiger partial charge in [0.15, 0.2) is 0 Å². The molecular formula is C22H20FN3O3. The maximum Gasteiger partial charge on any atom is 0.324 e. The average Bonchev–Trinajstić information content (AvgIpc) is 3.55. The van der Waals surface area contributed by atoms with Gasteiger partial charge in [0.1, 0.15) is 18.0 Å². The van der Waals surface area contributed by atoms with E-state index < -0.39 is 17.3 Å². The van der Waals surface area contributed by atoms with Crippen LogP contribution >= 0.6 is 0 Å². The molecule has 4 rings (SSSR count). The molecule has 1 aliphatic heterocycles. The summed E-state index contributed by atoms with van der Waals surface area (Å²) in [6.07, 6.45) is 4.16.